The number of methoxy groups -OCH3 is 3. The van der Waals surface area contributed by atoms with Crippen LogP contribution < -0.4 is 19.1 Å². The number of benzene rings is 2. The first-order chi connectivity index (χ1) is 16.4. The Morgan fingerprint density at radius 3 is 2.29 bits per heavy atom. The number of fused-ring (bicyclic) bond motifs is 1. The second-order valence-electron chi connectivity index (χ2n) is 7.42. The minimum atomic E-state index is -0.140. The summed E-state index contributed by atoms with van der Waals surface area (Å²) in [6.45, 7) is 7.39. The predicted octanol–water partition coefficient (Wildman–Crippen LogP) is 5.47. The molecule has 0 atom stereocenters. The van der Waals surface area contributed by atoms with Gasteiger partial charge in [0, 0.05) is 23.6 Å². The Balaban J connectivity index is 1.92. The van der Waals surface area contributed by atoms with Gasteiger partial charge < -0.3 is 19.1 Å². The van der Waals surface area contributed by atoms with Crippen LogP contribution in [0.2, 0.25) is 0 Å². The lowest BCUT2D eigenvalue weighted by Gasteiger charge is -2.23. The highest BCUT2D eigenvalue weighted by Gasteiger charge is 2.19. The van der Waals surface area contributed by atoms with Gasteiger partial charge in [-0.05, 0) is 55.1 Å². The van der Waals surface area contributed by atoms with Gasteiger partial charge in [0.15, 0.2) is 16.6 Å². The maximum Gasteiger partial charge on any atom is 0.252 e. The summed E-state index contributed by atoms with van der Waals surface area (Å²) in [7, 11) is 4.69. The summed E-state index contributed by atoms with van der Waals surface area (Å²) in [4.78, 5) is 22.1. The van der Waals surface area contributed by atoms with Gasteiger partial charge >= 0.3 is 0 Å². The minimum Gasteiger partial charge on any atom is -0.493 e. The number of halogens is 1. The van der Waals surface area contributed by atoms with Crippen LogP contribution in [-0.2, 0) is 4.79 Å². The molecule has 0 fully saturated rings. The number of carbonyl (C=O) groups excluding carboxylic acids is 1. The van der Waals surface area contributed by atoms with Gasteiger partial charge in [0.1, 0.15) is 0 Å². The average Bonchev–Trinajstić information content (AvgIpc) is 3.27. The molecule has 0 bridgehead atoms. The highest BCUT2D eigenvalue weighted by atomic mass is 79.9. The Morgan fingerprint density at radius 2 is 1.71 bits per heavy atom. The molecule has 1 heterocycles. The molecule has 1 aromatic heterocycles. The molecular weight excluding hydrogens is 518 g/mol. The van der Waals surface area contributed by atoms with Gasteiger partial charge in [-0.2, -0.15) is 0 Å². The molecule has 0 aliphatic heterocycles. The van der Waals surface area contributed by atoms with Gasteiger partial charge in [-0.15, -0.1) is 0 Å². The molecule has 1 amide bonds. The first-order valence-corrected chi connectivity index (χ1v) is 12.6. The van der Waals surface area contributed by atoms with E-state index in [1.54, 1.807) is 50.5 Å². The highest BCUT2D eigenvalue weighted by molar-refractivity contribution is 9.10. The van der Waals surface area contributed by atoms with Crippen LogP contribution >= 0.6 is 27.3 Å². The number of likely N-dealkylation sites (N-methyl/N-ethyl adjacent to an activating group) is 1. The molecule has 7 nitrogen and oxygen atoms in total. The van der Waals surface area contributed by atoms with E-state index < -0.39 is 0 Å². The Hall–Kier alpha value is -2.62. The quantitative estimate of drug-likeness (QED) is 0.296. The van der Waals surface area contributed by atoms with Crippen LogP contribution in [-0.4, -0.2) is 63.3 Å². The third-order valence-electron chi connectivity index (χ3n) is 5.48. The molecule has 2 aromatic carbocycles. The fourth-order valence-corrected chi connectivity index (χ4v) is 5.09. The number of carbonyl (C=O) groups is 1. The van der Waals surface area contributed by atoms with Gasteiger partial charge in [0.25, 0.3) is 5.91 Å². The van der Waals surface area contributed by atoms with E-state index in [-0.39, 0.29) is 5.91 Å². The van der Waals surface area contributed by atoms with Crippen LogP contribution in [0.25, 0.3) is 16.3 Å². The van der Waals surface area contributed by atoms with Crippen LogP contribution in [0.3, 0.4) is 0 Å². The van der Waals surface area contributed by atoms with Crippen molar-refractivity contribution in [1.29, 1.82) is 0 Å². The predicted molar refractivity (Wildman–Crippen MR) is 143 cm³/mol. The van der Waals surface area contributed by atoms with E-state index in [1.807, 2.05) is 18.2 Å². The molecule has 0 unspecified atom stereocenters. The summed E-state index contributed by atoms with van der Waals surface area (Å²) in [5.74, 6) is 1.43. The van der Waals surface area contributed by atoms with Crippen molar-refractivity contribution >= 4 is 54.6 Å². The first kappa shape index (κ1) is 26.0. The third kappa shape index (κ3) is 6.08. The SMILES string of the molecule is CCN(CC)CCN(C(=O)/C=C/c1cc(OC)c(OC)c(OC)c1)c1nc2ccc(Br)cc2s1. The number of thiazole rings is 1. The zero-order valence-electron chi connectivity index (χ0n) is 20.1. The van der Waals surface area contributed by atoms with Crippen molar-refractivity contribution in [3.8, 4) is 17.2 Å². The van der Waals surface area contributed by atoms with Crippen molar-refractivity contribution in [1.82, 2.24) is 9.88 Å². The Kier molecular flexibility index (Phi) is 9.32. The molecule has 0 aliphatic rings. The smallest absolute Gasteiger partial charge is 0.252 e. The molecule has 0 saturated heterocycles. The third-order valence-corrected chi connectivity index (χ3v) is 7.01. The summed E-state index contributed by atoms with van der Waals surface area (Å²) < 4.78 is 18.2. The van der Waals surface area contributed by atoms with Gasteiger partial charge in [-0.1, -0.05) is 41.1 Å². The van der Waals surface area contributed by atoms with Crippen LogP contribution in [0.4, 0.5) is 5.13 Å². The van der Waals surface area contributed by atoms with Crippen molar-refractivity contribution in [2.24, 2.45) is 0 Å². The number of anilines is 1. The summed E-state index contributed by atoms with van der Waals surface area (Å²) in [6, 6.07) is 9.55. The van der Waals surface area contributed by atoms with Gasteiger partial charge in [0.05, 0.1) is 31.5 Å². The summed E-state index contributed by atoms with van der Waals surface area (Å²) in [5.41, 5.74) is 1.64. The van der Waals surface area contributed by atoms with E-state index in [2.05, 4.69) is 34.7 Å². The topological polar surface area (TPSA) is 64.1 Å². The summed E-state index contributed by atoms with van der Waals surface area (Å²) in [6.07, 6.45) is 3.31. The lowest BCUT2D eigenvalue weighted by Crippen LogP contribution is -2.38. The molecule has 0 spiro atoms. The number of hydrogen-bond acceptors (Lipinski definition) is 7. The number of amides is 1. The van der Waals surface area contributed by atoms with Crippen molar-refractivity contribution in [2.45, 2.75) is 13.8 Å². The molecule has 34 heavy (non-hydrogen) atoms. The van der Waals surface area contributed by atoms with Gasteiger partial charge in [0.2, 0.25) is 5.75 Å². The van der Waals surface area contributed by atoms with Crippen LogP contribution in [0.1, 0.15) is 19.4 Å². The molecule has 0 aliphatic carbocycles. The Morgan fingerprint density at radius 1 is 1.03 bits per heavy atom. The van der Waals surface area contributed by atoms with E-state index in [1.165, 1.54) is 11.3 Å². The van der Waals surface area contributed by atoms with Gasteiger partial charge in [-0.25, -0.2) is 4.98 Å². The number of nitrogens with zero attached hydrogens (tertiary/aromatic N) is 3. The number of rotatable bonds is 11. The van der Waals surface area contributed by atoms with Crippen molar-refractivity contribution in [2.75, 3.05) is 52.4 Å². The van der Waals surface area contributed by atoms with Crippen molar-refractivity contribution in [3.05, 3.63) is 46.4 Å². The standard InChI is InChI=1S/C25H30BrN3O4S/c1-6-28(7-2)12-13-29(25-27-19-10-9-18(26)16-22(19)34-25)23(30)11-8-17-14-20(31-3)24(33-5)21(15-17)32-4/h8-11,14-16H,6-7,12-13H2,1-5H3/b11-8+. The maximum absolute atomic E-state index is 13.4. The molecule has 182 valence electrons. The second-order valence-corrected chi connectivity index (χ2v) is 9.34. The fourth-order valence-electron chi connectivity index (χ4n) is 3.54. The molecule has 3 rings (SSSR count). The normalized spacial score (nSPS) is 11.4. The van der Waals surface area contributed by atoms with E-state index in [0.29, 0.717) is 28.9 Å². The Labute approximate surface area is 213 Å². The summed E-state index contributed by atoms with van der Waals surface area (Å²) >= 11 is 5.02. The highest BCUT2D eigenvalue weighted by Crippen LogP contribution is 2.38. The average molecular weight is 549 g/mol. The summed E-state index contributed by atoms with van der Waals surface area (Å²) in [5, 5.41) is 0.680. The van der Waals surface area contributed by atoms with E-state index in [4.69, 9.17) is 19.2 Å². The molecule has 0 radical (unpaired) electrons. The van der Waals surface area contributed by atoms with Crippen molar-refractivity contribution in [3.63, 3.8) is 0 Å². The first-order valence-electron chi connectivity index (χ1n) is 11.0. The zero-order valence-corrected chi connectivity index (χ0v) is 22.5. The molecule has 9 heteroatoms. The zero-order chi connectivity index (χ0) is 24.7. The molecule has 0 N–H and O–H groups in total. The van der Waals surface area contributed by atoms with Crippen LogP contribution in [0.5, 0.6) is 17.2 Å². The Bertz CT molecular complexity index is 1140. The maximum atomic E-state index is 13.4. The van der Waals surface area contributed by atoms with Gasteiger partial charge in [-0.3, -0.25) is 9.69 Å². The monoisotopic (exact) mass is 547 g/mol. The fraction of sp³-hybridized carbons (Fsp3) is 0.360. The van der Waals surface area contributed by atoms with Crippen molar-refractivity contribution < 1.29 is 19.0 Å². The van der Waals surface area contributed by atoms with E-state index in [9.17, 15) is 4.79 Å². The second kappa shape index (κ2) is 12.2. The molecule has 3 aromatic rings. The molecular formula is C25H30BrN3O4S. The lowest BCUT2D eigenvalue weighted by molar-refractivity contribution is -0.114. The van der Waals surface area contributed by atoms with Crippen LogP contribution in [0.15, 0.2) is 40.9 Å². The lowest BCUT2D eigenvalue weighted by atomic mass is 10.1. The number of hydrogen-bond donors (Lipinski definition) is 0. The largest absolute Gasteiger partial charge is 0.493 e. The number of aromatic nitrogens is 1. The van der Waals surface area contributed by atoms with E-state index in [0.717, 1.165) is 39.9 Å². The van der Waals surface area contributed by atoms with E-state index >= 15 is 0 Å². The van der Waals surface area contributed by atoms with Crippen LogP contribution in [0, 0.1) is 0 Å². The molecule has 0 saturated carbocycles. The number of ether oxygens (including phenoxy) is 3. The minimum absolute atomic E-state index is 0.140.